The molecule has 0 aliphatic rings. The summed E-state index contributed by atoms with van der Waals surface area (Å²) in [5.74, 6) is 0. The molecule has 0 atom stereocenters. The third kappa shape index (κ3) is 4.98. The molecule has 3 heteroatoms. The molecule has 3 aromatic carbocycles. The molecule has 30 heavy (non-hydrogen) atoms. The van der Waals surface area contributed by atoms with Gasteiger partial charge in [0.2, 0.25) is 0 Å². The standard InChI is InChI=1S/C27H28N2S/c1-27(2,3)23-16-14-22(15-17-23)25-24(18-20-10-6-4-7-11-20)30-26(29-25)28-19-21-12-8-5-9-13-21/h4-17H,18-19H2,1-3H3,(H,28,29). The molecule has 4 aromatic rings. The van der Waals surface area contributed by atoms with Gasteiger partial charge in [-0.05, 0) is 22.1 Å². The average Bonchev–Trinajstić information content (AvgIpc) is 3.16. The van der Waals surface area contributed by atoms with Crippen LogP contribution in [0.15, 0.2) is 84.9 Å². The summed E-state index contributed by atoms with van der Waals surface area (Å²) in [6.45, 7) is 7.52. The molecule has 0 spiro atoms. The van der Waals surface area contributed by atoms with Gasteiger partial charge < -0.3 is 5.32 Å². The van der Waals surface area contributed by atoms with Crippen molar-refractivity contribution in [2.45, 2.75) is 39.2 Å². The van der Waals surface area contributed by atoms with Crippen molar-refractivity contribution in [3.8, 4) is 11.3 Å². The molecule has 0 saturated heterocycles. The van der Waals surface area contributed by atoms with Gasteiger partial charge in [-0.25, -0.2) is 4.98 Å². The van der Waals surface area contributed by atoms with Gasteiger partial charge in [0.1, 0.15) is 0 Å². The second-order valence-corrected chi connectivity index (χ2v) is 9.70. The maximum atomic E-state index is 4.99. The first-order valence-corrected chi connectivity index (χ1v) is 11.2. The number of hydrogen-bond acceptors (Lipinski definition) is 3. The number of nitrogens with zero attached hydrogens (tertiary/aromatic N) is 1. The molecule has 0 bridgehead atoms. The minimum absolute atomic E-state index is 0.149. The van der Waals surface area contributed by atoms with E-state index in [0.717, 1.165) is 23.8 Å². The fourth-order valence-electron chi connectivity index (χ4n) is 3.46. The molecule has 1 aromatic heterocycles. The van der Waals surface area contributed by atoms with Crippen molar-refractivity contribution >= 4 is 16.5 Å². The van der Waals surface area contributed by atoms with E-state index in [0.29, 0.717) is 0 Å². The first kappa shape index (κ1) is 20.4. The van der Waals surface area contributed by atoms with Crippen LogP contribution < -0.4 is 5.32 Å². The van der Waals surface area contributed by atoms with E-state index >= 15 is 0 Å². The third-order valence-electron chi connectivity index (χ3n) is 5.22. The summed E-state index contributed by atoms with van der Waals surface area (Å²) in [6.07, 6.45) is 0.891. The number of aromatic nitrogens is 1. The highest BCUT2D eigenvalue weighted by molar-refractivity contribution is 7.16. The zero-order valence-corrected chi connectivity index (χ0v) is 18.7. The minimum atomic E-state index is 0.149. The maximum absolute atomic E-state index is 4.99. The Labute approximate surface area is 183 Å². The Kier molecular flexibility index (Phi) is 6.01. The Morgan fingerprint density at radius 3 is 1.97 bits per heavy atom. The number of thiazole rings is 1. The van der Waals surface area contributed by atoms with Crippen LogP contribution in [0.2, 0.25) is 0 Å². The summed E-state index contributed by atoms with van der Waals surface area (Å²) in [5, 5.41) is 4.49. The van der Waals surface area contributed by atoms with Crippen LogP contribution in [0.25, 0.3) is 11.3 Å². The molecule has 0 radical (unpaired) electrons. The maximum Gasteiger partial charge on any atom is 0.183 e. The van der Waals surface area contributed by atoms with Crippen molar-refractivity contribution < 1.29 is 0 Å². The van der Waals surface area contributed by atoms with Crippen LogP contribution in [0.1, 0.15) is 42.3 Å². The normalized spacial score (nSPS) is 11.4. The summed E-state index contributed by atoms with van der Waals surface area (Å²) >= 11 is 1.76. The van der Waals surface area contributed by atoms with Crippen LogP contribution in [0.5, 0.6) is 0 Å². The summed E-state index contributed by atoms with van der Waals surface area (Å²) in [4.78, 5) is 6.28. The quantitative estimate of drug-likeness (QED) is 0.359. The lowest BCUT2D eigenvalue weighted by molar-refractivity contribution is 0.590. The van der Waals surface area contributed by atoms with Crippen LogP contribution in [-0.2, 0) is 18.4 Å². The van der Waals surface area contributed by atoms with Gasteiger partial charge in [-0.15, -0.1) is 11.3 Å². The SMILES string of the molecule is CC(C)(C)c1ccc(-c2nc(NCc3ccccc3)sc2Cc2ccccc2)cc1. The molecule has 1 N–H and O–H groups in total. The highest BCUT2D eigenvalue weighted by atomic mass is 32.1. The molecule has 0 aliphatic heterocycles. The number of benzene rings is 3. The summed E-state index contributed by atoms with van der Waals surface area (Å²) in [6, 6.07) is 30.0. The fraction of sp³-hybridized carbons (Fsp3) is 0.222. The highest BCUT2D eigenvalue weighted by Crippen LogP contribution is 2.34. The van der Waals surface area contributed by atoms with E-state index in [2.05, 4.69) is 105 Å². The van der Waals surface area contributed by atoms with Crippen molar-refractivity contribution in [2.24, 2.45) is 0 Å². The molecule has 0 unspecified atom stereocenters. The van der Waals surface area contributed by atoms with Crippen molar-refractivity contribution in [3.05, 3.63) is 106 Å². The second kappa shape index (κ2) is 8.85. The number of rotatable bonds is 6. The van der Waals surface area contributed by atoms with Gasteiger partial charge in [-0.2, -0.15) is 0 Å². The van der Waals surface area contributed by atoms with Crippen LogP contribution >= 0.6 is 11.3 Å². The van der Waals surface area contributed by atoms with Gasteiger partial charge >= 0.3 is 0 Å². The van der Waals surface area contributed by atoms with Crippen LogP contribution in [-0.4, -0.2) is 4.98 Å². The van der Waals surface area contributed by atoms with Gasteiger partial charge in [0.05, 0.1) is 5.69 Å². The van der Waals surface area contributed by atoms with Crippen molar-refractivity contribution in [2.75, 3.05) is 5.32 Å². The molecule has 0 fully saturated rings. The average molecular weight is 413 g/mol. The smallest absolute Gasteiger partial charge is 0.183 e. The highest BCUT2D eigenvalue weighted by Gasteiger charge is 2.17. The van der Waals surface area contributed by atoms with E-state index < -0.39 is 0 Å². The van der Waals surface area contributed by atoms with E-state index in [1.165, 1.54) is 27.1 Å². The van der Waals surface area contributed by atoms with E-state index in [-0.39, 0.29) is 5.41 Å². The number of hydrogen-bond donors (Lipinski definition) is 1. The van der Waals surface area contributed by atoms with Crippen molar-refractivity contribution in [1.82, 2.24) is 4.98 Å². The van der Waals surface area contributed by atoms with E-state index in [1.54, 1.807) is 11.3 Å². The first-order valence-electron chi connectivity index (χ1n) is 10.4. The Bertz CT molecular complexity index is 1080. The largest absolute Gasteiger partial charge is 0.357 e. The summed E-state index contributed by atoms with van der Waals surface area (Å²) < 4.78 is 0. The molecule has 2 nitrogen and oxygen atoms in total. The van der Waals surface area contributed by atoms with E-state index in [4.69, 9.17) is 4.98 Å². The van der Waals surface area contributed by atoms with Gasteiger partial charge in [-0.3, -0.25) is 0 Å². The van der Waals surface area contributed by atoms with Crippen LogP contribution in [0, 0.1) is 0 Å². The van der Waals surface area contributed by atoms with Crippen LogP contribution in [0.3, 0.4) is 0 Å². The van der Waals surface area contributed by atoms with Gasteiger partial charge in [0.15, 0.2) is 5.13 Å². The monoisotopic (exact) mass is 412 g/mol. The Balaban J connectivity index is 1.63. The fourth-order valence-corrected chi connectivity index (χ4v) is 4.47. The predicted molar refractivity (Wildman–Crippen MR) is 129 cm³/mol. The molecular formula is C27H28N2S. The van der Waals surface area contributed by atoms with Crippen molar-refractivity contribution in [1.29, 1.82) is 0 Å². The van der Waals surface area contributed by atoms with Gasteiger partial charge in [0.25, 0.3) is 0 Å². The van der Waals surface area contributed by atoms with E-state index in [1.807, 2.05) is 6.07 Å². The molecule has 4 rings (SSSR count). The topological polar surface area (TPSA) is 24.9 Å². The van der Waals surface area contributed by atoms with E-state index in [9.17, 15) is 0 Å². The van der Waals surface area contributed by atoms with Gasteiger partial charge in [-0.1, -0.05) is 106 Å². The number of nitrogens with one attached hydrogen (secondary N) is 1. The molecule has 0 aliphatic carbocycles. The van der Waals surface area contributed by atoms with Crippen molar-refractivity contribution in [3.63, 3.8) is 0 Å². The third-order valence-corrected chi connectivity index (χ3v) is 6.23. The lowest BCUT2D eigenvalue weighted by Crippen LogP contribution is -2.10. The molecule has 0 amide bonds. The summed E-state index contributed by atoms with van der Waals surface area (Å²) in [5.41, 5.74) is 6.32. The lowest BCUT2D eigenvalue weighted by atomic mass is 9.86. The van der Waals surface area contributed by atoms with Crippen LogP contribution in [0.4, 0.5) is 5.13 Å². The number of anilines is 1. The Hall–Kier alpha value is -2.91. The lowest BCUT2D eigenvalue weighted by Gasteiger charge is -2.19. The van der Waals surface area contributed by atoms with Gasteiger partial charge in [0, 0.05) is 23.4 Å². The zero-order valence-electron chi connectivity index (χ0n) is 17.9. The molecule has 152 valence electrons. The molecule has 1 heterocycles. The minimum Gasteiger partial charge on any atom is -0.357 e. The predicted octanol–water partition coefficient (Wildman–Crippen LogP) is 7.31. The Morgan fingerprint density at radius 1 is 0.767 bits per heavy atom. The summed E-state index contributed by atoms with van der Waals surface area (Å²) in [7, 11) is 0. The zero-order chi connectivity index (χ0) is 21.0. The molecular weight excluding hydrogens is 384 g/mol. The molecule has 0 saturated carbocycles. The Morgan fingerprint density at radius 2 is 1.37 bits per heavy atom. The first-order chi connectivity index (χ1) is 14.5. The second-order valence-electron chi connectivity index (χ2n) is 8.62.